The number of hydrogen-bond acceptors (Lipinski definition) is 3. The van der Waals surface area contributed by atoms with E-state index in [1.54, 1.807) is 60.7 Å². The van der Waals surface area contributed by atoms with Gasteiger partial charge in [0.15, 0.2) is 0 Å². The van der Waals surface area contributed by atoms with Crippen LogP contribution < -0.4 is 10.6 Å². The third-order valence-electron chi connectivity index (χ3n) is 3.59. The van der Waals surface area contributed by atoms with E-state index in [9.17, 15) is 19.3 Å². The molecule has 6 heteroatoms. The van der Waals surface area contributed by atoms with E-state index in [0.717, 1.165) is 0 Å². The molecular weight excluding hydrogens is 315 g/mol. The van der Waals surface area contributed by atoms with Crippen molar-refractivity contribution in [3.05, 3.63) is 60.7 Å². The van der Waals surface area contributed by atoms with Gasteiger partial charge in [-0.25, -0.2) is 0 Å². The number of hydrogen-bond donors (Lipinski definition) is 2. The number of carboxylic acids is 2. The first kappa shape index (κ1) is 17.0. The summed E-state index contributed by atoms with van der Waals surface area (Å²) in [6, 6.07) is 17.3. The van der Waals surface area contributed by atoms with Gasteiger partial charge in [0.1, 0.15) is 7.14 Å². The molecule has 0 heterocycles. The zero-order valence-corrected chi connectivity index (χ0v) is 13.2. The predicted octanol–water partition coefficient (Wildman–Crippen LogP) is 2.18. The molecule has 23 heavy (non-hydrogen) atoms. The molecule has 5 nitrogen and oxygen atoms in total. The second-order valence-electron chi connectivity index (χ2n) is 5.23. The van der Waals surface area contributed by atoms with Crippen LogP contribution >= 0.6 is 7.14 Å². The Labute approximate surface area is 134 Å². The zero-order valence-electron chi connectivity index (χ0n) is 12.3. The molecule has 0 unspecified atom stereocenters. The van der Waals surface area contributed by atoms with Crippen molar-refractivity contribution in [1.82, 2.24) is 0 Å². The van der Waals surface area contributed by atoms with E-state index in [1.807, 2.05) is 0 Å². The van der Waals surface area contributed by atoms with Gasteiger partial charge in [-0.3, -0.25) is 9.59 Å². The monoisotopic (exact) mass is 332 g/mol. The molecule has 0 saturated carbocycles. The molecule has 0 aliphatic rings. The number of carbonyl (C=O) groups is 2. The highest BCUT2D eigenvalue weighted by Crippen LogP contribution is 2.45. The molecule has 1 atom stereocenters. The molecule has 0 aliphatic heterocycles. The van der Waals surface area contributed by atoms with Crippen molar-refractivity contribution in [2.45, 2.75) is 6.42 Å². The molecule has 0 radical (unpaired) electrons. The van der Waals surface area contributed by atoms with Crippen LogP contribution in [0.2, 0.25) is 0 Å². The summed E-state index contributed by atoms with van der Waals surface area (Å²) in [5.74, 6) is -3.68. The molecule has 0 aromatic heterocycles. The van der Waals surface area contributed by atoms with Crippen LogP contribution in [-0.2, 0) is 14.2 Å². The highest BCUT2D eigenvalue weighted by atomic mass is 31.2. The van der Waals surface area contributed by atoms with Crippen molar-refractivity contribution in [2.75, 3.05) is 6.16 Å². The Kier molecular flexibility index (Phi) is 5.35. The maximum Gasteiger partial charge on any atom is 0.307 e. The zero-order chi connectivity index (χ0) is 16.9. The van der Waals surface area contributed by atoms with E-state index in [4.69, 9.17) is 5.11 Å². The molecule has 2 aromatic carbocycles. The van der Waals surface area contributed by atoms with Crippen molar-refractivity contribution in [2.24, 2.45) is 5.92 Å². The second kappa shape index (κ2) is 7.25. The van der Waals surface area contributed by atoms with Gasteiger partial charge in [0.05, 0.1) is 12.3 Å². The summed E-state index contributed by atoms with van der Waals surface area (Å²) in [7, 11) is -3.23. The Balaban J connectivity index is 2.48. The summed E-state index contributed by atoms with van der Waals surface area (Å²) < 4.78 is 13.7. The van der Waals surface area contributed by atoms with Crippen molar-refractivity contribution in [1.29, 1.82) is 0 Å². The van der Waals surface area contributed by atoms with Crippen molar-refractivity contribution in [3.63, 3.8) is 0 Å². The van der Waals surface area contributed by atoms with Crippen LogP contribution in [0, 0.1) is 5.92 Å². The maximum absolute atomic E-state index is 13.7. The average Bonchev–Trinajstić information content (AvgIpc) is 2.55. The molecule has 0 fully saturated rings. The highest BCUT2D eigenvalue weighted by Gasteiger charge is 2.34. The molecule has 120 valence electrons. The Bertz CT molecular complexity index is 684. The molecule has 2 rings (SSSR count). The minimum absolute atomic E-state index is 0.220. The van der Waals surface area contributed by atoms with Crippen LogP contribution in [-0.4, -0.2) is 28.3 Å². The first-order valence-corrected chi connectivity index (χ1v) is 8.97. The van der Waals surface area contributed by atoms with Gasteiger partial charge in [-0.05, 0) is 0 Å². The lowest BCUT2D eigenvalue weighted by atomic mass is 10.1. The van der Waals surface area contributed by atoms with E-state index in [1.165, 1.54) is 0 Å². The Hall–Kier alpha value is -2.39. The first-order chi connectivity index (χ1) is 10.9. The van der Waals surface area contributed by atoms with Crippen LogP contribution in [0.1, 0.15) is 6.42 Å². The summed E-state index contributed by atoms with van der Waals surface area (Å²) in [4.78, 5) is 22.3. The lowest BCUT2D eigenvalue weighted by Gasteiger charge is -2.22. The molecular formula is C17H17O5P. The summed E-state index contributed by atoms with van der Waals surface area (Å²) >= 11 is 0. The van der Waals surface area contributed by atoms with Crippen LogP contribution in [0.3, 0.4) is 0 Å². The molecule has 0 aliphatic carbocycles. The second-order valence-corrected chi connectivity index (χ2v) is 8.10. The molecule has 0 amide bonds. The van der Waals surface area contributed by atoms with Crippen molar-refractivity contribution in [3.8, 4) is 0 Å². The third kappa shape index (κ3) is 4.08. The molecule has 0 spiro atoms. The van der Waals surface area contributed by atoms with E-state index in [-0.39, 0.29) is 6.16 Å². The lowest BCUT2D eigenvalue weighted by Crippen LogP contribution is -2.28. The fraction of sp³-hybridized carbons (Fsp3) is 0.176. The summed E-state index contributed by atoms with van der Waals surface area (Å²) in [6.07, 6.45) is -0.776. The topological polar surface area (TPSA) is 91.7 Å². The molecule has 0 saturated heterocycles. The van der Waals surface area contributed by atoms with Gasteiger partial charge in [0, 0.05) is 16.8 Å². The average molecular weight is 332 g/mol. The largest absolute Gasteiger partial charge is 0.481 e. The summed E-state index contributed by atoms with van der Waals surface area (Å²) in [6.45, 7) is 0. The Morgan fingerprint density at radius 3 is 1.65 bits per heavy atom. The van der Waals surface area contributed by atoms with Crippen molar-refractivity contribution < 1.29 is 24.4 Å². The number of carboxylic acid groups (broad SMARTS) is 2. The summed E-state index contributed by atoms with van der Waals surface area (Å²) in [5.41, 5.74) is 0. The SMILES string of the molecule is O=C(O)C[C@H](CP(=O)(c1ccccc1)c1ccccc1)C(=O)O. The van der Waals surface area contributed by atoms with Gasteiger partial charge in [0.2, 0.25) is 0 Å². The van der Waals surface area contributed by atoms with Crippen molar-refractivity contribution >= 4 is 29.7 Å². The Morgan fingerprint density at radius 1 is 0.870 bits per heavy atom. The van der Waals surface area contributed by atoms with E-state index < -0.39 is 31.4 Å². The van der Waals surface area contributed by atoms with Gasteiger partial charge < -0.3 is 14.8 Å². The number of aliphatic carboxylic acids is 2. The highest BCUT2D eigenvalue weighted by molar-refractivity contribution is 7.78. The normalized spacial score (nSPS) is 12.5. The smallest absolute Gasteiger partial charge is 0.307 e. The van der Waals surface area contributed by atoms with E-state index in [2.05, 4.69) is 0 Å². The standard InChI is InChI=1S/C17H17O5P/c18-16(19)11-13(17(20)21)12-23(22,14-7-3-1-4-8-14)15-9-5-2-6-10-15/h1-10,13H,11-12H2,(H,18,19)(H,20,21)/t13-/m1/s1. The van der Waals surface area contributed by atoms with Gasteiger partial charge in [-0.15, -0.1) is 0 Å². The lowest BCUT2D eigenvalue weighted by molar-refractivity contribution is -0.147. The number of benzene rings is 2. The van der Waals surface area contributed by atoms with Gasteiger partial charge in [-0.1, -0.05) is 60.7 Å². The first-order valence-electron chi connectivity index (χ1n) is 7.08. The minimum Gasteiger partial charge on any atom is -0.481 e. The van der Waals surface area contributed by atoms with E-state index in [0.29, 0.717) is 10.6 Å². The van der Waals surface area contributed by atoms with Gasteiger partial charge >= 0.3 is 11.9 Å². The predicted molar refractivity (Wildman–Crippen MR) is 88.0 cm³/mol. The number of rotatable bonds is 7. The van der Waals surface area contributed by atoms with Crippen LogP contribution in [0.25, 0.3) is 0 Å². The maximum atomic E-state index is 13.7. The molecule has 0 bridgehead atoms. The van der Waals surface area contributed by atoms with Crippen LogP contribution in [0.5, 0.6) is 0 Å². The minimum atomic E-state index is -3.23. The summed E-state index contributed by atoms with van der Waals surface area (Å²) in [5, 5.41) is 19.3. The third-order valence-corrected chi connectivity index (χ3v) is 6.81. The molecule has 2 aromatic rings. The van der Waals surface area contributed by atoms with E-state index >= 15 is 0 Å². The fourth-order valence-electron chi connectivity index (χ4n) is 2.45. The van der Waals surface area contributed by atoms with Crippen LogP contribution in [0.4, 0.5) is 0 Å². The van der Waals surface area contributed by atoms with Gasteiger partial charge in [-0.2, -0.15) is 0 Å². The van der Waals surface area contributed by atoms with Crippen LogP contribution in [0.15, 0.2) is 60.7 Å². The van der Waals surface area contributed by atoms with Gasteiger partial charge in [0.25, 0.3) is 0 Å². The quantitative estimate of drug-likeness (QED) is 0.758. The Morgan fingerprint density at radius 2 is 1.30 bits per heavy atom. The molecule has 2 N–H and O–H groups in total. The fourth-order valence-corrected chi connectivity index (χ4v) is 5.38.